The molecule has 8 heteroatoms. The van der Waals surface area contributed by atoms with E-state index < -0.39 is 11.6 Å². The van der Waals surface area contributed by atoms with E-state index in [4.69, 9.17) is 17.3 Å². The Labute approximate surface area is 175 Å². The first-order valence-corrected chi connectivity index (χ1v) is 10.7. The van der Waals surface area contributed by atoms with Gasteiger partial charge < -0.3 is 5.73 Å². The van der Waals surface area contributed by atoms with Crippen molar-refractivity contribution in [3.63, 3.8) is 0 Å². The minimum atomic E-state index is -0.627. The topological polar surface area (TPSA) is 87.0 Å². The smallest absolute Gasteiger partial charge is 0.251 e. The second kappa shape index (κ2) is 8.05. The van der Waals surface area contributed by atoms with Crippen LogP contribution < -0.4 is 10.6 Å². The van der Waals surface area contributed by atoms with Crippen molar-refractivity contribution in [2.45, 2.75) is 50.1 Å². The van der Waals surface area contributed by atoms with Crippen LogP contribution in [-0.4, -0.2) is 65.3 Å². The number of hydrogen-bond donors (Lipinski definition) is 1. The molecule has 0 radical (unpaired) electrons. The molecular weight excluding hydrogens is 392 g/mol. The van der Waals surface area contributed by atoms with Crippen LogP contribution in [0.1, 0.15) is 38.5 Å². The molecule has 0 saturated carbocycles. The number of nitrogens with two attached hydrogens (primary N) is 1. The Balaban J connectivity index is 1.47. The third-order valence-electron chi connectivity index (χ3n) is 6.69. The van der Waals surface area contributed by atoms with Gasteiger partial charge in [0.1, 0.15) is 5.54 Å². The number of amides is 3. The molecule has 1 aromatic carbocycles. The highest BCUT2D eigenvalue weighted by Gasteiger charge is 2.49. The van der Waals surface area contributed by atoms with E-state index in [9.17, 15) is 14.4 Å². The lowest BCUT2D eigenvalue weighted by Crippen LogP contribution is -2.64. The zero-order valence-corrected chi connectivity index (χ0v) is 17.2. The molecule has 29 heavy (non-hydrogen) atoms. The fourth-order valence-corrected chi connectivity index (χ4v) is 5.13. The van der Waals surface area contributed by atoms with Gasteiger partial charge in [0.2, 0.25) is 11.8 Å². The molecule has 1 atom stereocenters. The maximum Gasteiger partial charge on any atom is 0.251 e. The number of primary amides is 1. The molecule has 7 nitrogen and oxygen atoms in total. The van der Waals surface area contributed by atoms with Crippen LogP contribution in [0.5, 0.6) is 0 Å². The number of rotatable bonds is 4. The van der Waals surface area contributed by atoms with E-state index in [1.807, 2.05) is 4.90 Å². The summed E-state index contributed by atoms with van der Waals surface area (Å²) in [5, 5.41) is 0.556. The number of benzene rings is 1. The van der Waals surface area contributed by atoms with Gasteiger partial charge in [0, 0.05) is 18.1 Å². The summed E-state index contributed by atoms with van der Waals surface area (Å²) in [6, 6.07) is 6.23. The van der Waals surface area contributed by atoms with E-state index >= 15 is 0 Å². The maximum atomic E-state index is 13.0. The largest absolute Gasteiger partial charge is 0.368 e. The van der Waals surface area contributed by atoms with Gasteiger partial charge in [0.15, 0.2) is 0 Å². The Morgan fingerprint density at radius 3 is 2.21 bits per heavy atom. The average molecular weight is 419 g/mol. The van der Waals surface area contributed by atoms with Crippen LogP contribution in [0.25, 0.3) is 0 Å². The number of imide groups is 1. The number of halogens is 1. The van der Waals surface area contributed by atoms with Crippen LogP contribution in [0.2, 0.25) is 5.02 Å². The Morgan fingerprint density at radius 2 is 1.62 bits per heavy atom. The van der Waals surface area contributed by atoms with Crippen molar-refractivity contribution < 1.29 is 14.4 Å². The summed E-state index contributed by atoms with van der Waals surface area (Å²) < 4.78 is 0. The van der Waals surface area contributed by atoms with Gasteiger partial charge in [-0.25, -0.2) is 4.90 Å². The first-order chi connectivity index (χ1) is 13.9. The number of carbonyl (C=O) groups is 3. The van der Waals surface area contributed by atoms with Crippen LogP contribution in [0.15, 0.2) is 24.3 Å². The minimum Gasteiger partial charge on any atom is -0.368 e. The summed E-state index contributed by atoms with van der Waals surface area (Å²) in [5.41, 5.74) is 5.77. The van der Waals surface area contributed by atoms with Gasteiger partial charge in [-0.1, -0.05) is 18.0 Å². The summed E-state index contributed by atoms with van der Waals surface area (Å²) in [6.45, 7) is 2.96. The molecule has 0 aromatic heterocycles. The summed E-state index contributed by atoms with van der Waals surface area (Å²) in [4.78, 5) is 43.5. The highest BCUT2D eigenvalue weighted by molar-refractivity contribution is 6.30. The first-order valence-electron chi connectivity index (χ1n) is 10.3. The molecule has 3 amide bonds. The van der Waals surface area contributed by atoms with Gasteiger partial charge in [-0.15, -0.1) is 0 Å². The van der Waals surface area contributed by atoms with Crippen LogP contribution in [0.4, 0.5) is 5.69 Å². The molecule has 0 bridgehead atoms. The van der Waals surface area contributed by atoms with Crippen molar-refractivity contribution in [2.24, 2.45) is 5.73 Å². The van der Waals surface area contributed by atoms with E-state index in [1.54, 1.807) is 24.3 Å². The van der Waals surface area contributed by atoms with E-state index in [1.165, 1.54) is 11.3 Å². The Hall–Kier alpha value is -1.96. The third kappa shape index (κ3) is 3.67. The molecule has 0 aliphatic carbocycles. The number of hydrogen-bond acceptors (Lipinski definition) is 5. The van der Waals surface area contributed by atoms with Gasteiger partial charge >= 0.3 is 0 Å². The second-order valence-corrected chi connectivity index (χ2v) is 8.68. The molecule has 156 valence electrons. The molecule has 0 spiro atoms. The first kappa shape index (κ1) is 20.3. The summed E-state index contributed by atoms with van der Waals surface area (Å²) in [6.07, 6.45) is 4.72. The zero-order valence-electron chi connectivity index (χ0n) is 16.5. The lowest BCUT2D eigenvalue weighted by molar-refractivity contribution is -0.136. The van der Waals surface area contributed by atoms with Crippen molar-refractivity contribution in [1.82, 2.24) is 9.80 Å². The SMILES string of the molecule is NC(=O)C1(N2CCCCC2)CCN([C@H]2CC(=O)N(c3ccc(Cl)cc3)C2=O)CC1. The van der Waals surface area contributed by atoms with Crippen molar-refractivity contribution in [3.8, 4) is 0 Å². The molecule has 3 heterocycles. The highest BCUT2D eigenvalue weighted by atomic mass is 35.5. The van der Waals surface area contributed by atoms with Crippen molar-refractivity contribution >= 4 is 35.0 Å². The standard InChI is InChI=1S/C21H27ClN4O3/c22-15-4-6-16(7-5-15)26-18(27)14-17(19(26)28)24-12-8-21(9-13-24,20(23)29)25-10-2-1-3-11-25/h4-7,17H,1-3,8-14H2,(H2,23,29)/t17-/m0/s1. The lowest BCUT2D eigenvalue weighted by Gasteiger charge is -2.48. The Kier molecular flexibility index (Phi) is 5.64. The van der Waals surface area contributed by atoms with Gasteiger partial charge in [-0.05, 0) is 63.0 Å². The van der Waals surface area contributed by atoms with Gasteiger partial charge in [0.25, 0.3) is 5.91 Å². The molecule has 3 aliphatic rings. The quantitative estimate of drug-likeness (QED) is 0.753. The van der Waals surface area contributed by atoms with E-state index in [2.05, 4.69) is 4.90 Å². The van der Waals surface area contributed by atoms with Crippen molar-refractivity contribution in [3.05, 3.63) is 29.3 Å². The monoisotopic (exact) mass is 418 g/mol. The predicted molar refractivity (Wildman–Crippen MR) is 111 cm³/mol. The lowest BCUT2D eigenvalue weighted by atomic mass is 9.83. The minimum absolute atomic E-state index is 0.161. The normalized spacial score (nSPS) is 26.1. The van der Waals surface area contributed by atoms with E-state index in [0.717, 1.165) is 25.9 Å². The number of nitrogens with zero attached hydrogens (tertiary/aromatic N) is 3. The van der Waals surface area contributed by atoms with Gasteiger partial charge in [0.05, 0.1) is 18.2 Å². The van der Waals surface area contributed by atoms with E-state index in [0.29, 0.717) is 36.6 Å². The summed E-state index contributed by atoms with van der Waals surface area (Å²) in [7, 11) is 0. The second-order valence-electron chi connectivity index (χ2n) is 8.24. The molecular formula is C21H27ClN4O3. The average Bonchev–Trinajstić information content (AvgIpc) is 3.03. The molecule has 0 unspecified atom stereocenters. The fraction of sp³-hybridized carbons (Fsp3) is 0.571. The van der Waals surface area contributed by atoms with E-state index in [-0.39, 0.29) is 24.1 Å². The number of likely N-dealkylation sites (tertiary alicyclic amines) is 2. The zero-order chi connectivity index (χ0) is 20.6. The highest BCUT2D eigenvalue weighted by Crippen LogP contribution is 2.34. The molecule has 2 N–H and O–H groups in total. The molecule has 3 saturated heterocycles. The van der Waals surface area contributed by atoms with Crippen molar-refractivity contribution in [2.75, 3.05) is 31.1 Å². The van der Waals surface area contributed by atoms with Crippen LogP contribution in [0.3, 0.4) is 0 Å². The van der Waals surface area contributed by atoms with Crippen molar-refractivity contribution in [1.29, 1.82) is 0 Å². The van der Waals surface area contributed by atoms with Crippen LogP contribution in [-0.2, 0) is 14.4 Å². The number of anilines is 1. The molecule has 3 fully saturated rings. The number of carbonyl (C=O) groups excluding carboxylic acids is 3. The van der Waals surface area contributed by atoms with Gasteiger partial charge in [-0.2, -0.15) is 0 Å². The molecule has 4 rings (SSSR count). The third-order valence-corrected chi connectivity index (χ3v) is 6.95. The fourth-order valence-electron chi connectivity index (χ4n) is 5.01. The van der Waals surface area contributed by atoms with Gasteiger partial charge in [-0.3, -0.25) is 24.2 Å². The maximum absolute atomic E-state index is 13.0. The Bertz CT molecular complexity index is 799. The summed E-state index contributed by atoms with van der Waals surface area (Å²) >= 11 is 5.92. The van der Waals surface area contributed by atoms with Crippen LogP contribution in [0, 0.1) is 0 Å². The molecule has 3 aliphatic heterocycles. The number of piperidine rings is 2. The molecule has 1 aromatic rings. The predicted octanol–water partition coefficient (Wildman–Crippen LogP) is 1.78. The van der Waals surface area contributed by atoms with Crippen LogP contribution >= 0.6 is 11.6 Å². The Morgan fingerprint density at radius 1 is 1.00 bits per heavy atom. The summed E-state index contributed by atoms with van der Waals surface area (Å²) in [5.74, 6) is -0.678.